The van der Waals surface area contributed by atoms with Gasteiger partial charge < -0.3 is 20.3 Å². The van der Waals surface area contributed by atoms with Crippen molar-refractivity contribution >= 4 is 23.3 Å². The van der Waals surface area contributed by atoms with E-state index in [0.717, 1.165) is 19.3 Å². The molecular formula is C22H23NO6. The van der Waals surface area contributed by atoms with Crippen LogP contribution in [-0.4, -0.2) is 27.9 Å². The number of rotatable bonds is 6. The average Bonchev–Trinajstić information content (AvgIpc) is 2.62. The van der Waals surface area contributed by atoms with Crippen LogP contribution in [0.5, 0.6) is 17.2 Å². The highest BCUT2D eigenvalue weighted by Gasteiger charge is 2.23. The van der Waals surface area contributed by atoms with Gasteiger partial charge in [-0.25, -0.2) is 4.79 Å². The van der Waals surface area contributed by atoms with Crippen molar-refractivity contribution in [1.82, 2.24) is 0 Å². The number of aromatic hydroxyl groups is 1. The summed E-state index contributed by atoms with van der Waals surface area (Å²) in [5.74, 6) is -1.52. The largest absolute Gasteiger partial charge is 0.507 e. The lowest BCUT2D eigenvalue weighted by atomic mass is 9.81. The molecule has 1 amide bonds. The van der Waals surface area contributed by atoms with Gasteiger partial charge in [0, 0.05) is 12.1 Å². The fraction of sp³-hybridized carbons (Fsp3) is 0.318. The molecule has 0 spiro atoms. The Kier molecular flexibility index (Phi) is 5.87. The molecule has 7 nitrogen and oxygen atoms in total. The number of ketones is 1. The summed E-state index contributed by atoms with van der Waals surface area (Å²) in [4.78, 5) is 34.6. The van der Waals surface area contributed by atoms with Gasteiger partial charge in [0.1, 0.15) is 17.2 Å². The van der Waals surface area contributed by atoms with Crippen LogP contribution < -0.4 is 10.1 Å². The minimum Gasteiger partial charge on any atom is -0.507 e. The SMILES string of the molecule is Cc1cc(NC(=O)C(=O)O)cc(C)c1Oc1ccc(O)c(C(=O)CC2CCC2)c1. The molecule has 0 aliphatic heterocycles. The number of carboxylic acids is 1. The van der Waals surface area contributed by atoms with Crippen LogP contribution >= 0.6 is 0 Å². The molecule has 3 rings (SSSR count). The van der Waals surface area contributed by atoms with Gasteiger partial charge in [0.05, 0.1) is 5.56 Å². The smallest absolute Gasteiger partial charge is 0.394 e. The molecule has 1 aliphatic carbocycles. The van der Waals surface area contributed by atoms with Gasteiger partial charge in [-0.15, -0.1) is 0 Å². The molecule has 2 aromatic carbocycles. The lowest BCUT2D eigenvalue weighted by molar-refractivity contribution is -0.147. The first-order valence-corrected chi connectivity index (χ1v) is 9.44. The number of carbonyl (C=O) groups is 3. The lowest BCUT2D eigenvalue weighted by Crippen LogP contribution is -2.21. The van der Waals surface area contributed by atoms with Crippen LogP contribution in [0.25, 0.3) is 0 Å². The average molecular weight is 397 g/mol. The zero-order valence-corrected chi connectivity index (χ0v) is 16.3. The number of amides is 1. The number of aryl methyl sites for hydroxylation is 2. The molecule has 0 heterocycles. The zero-order valence-electron chi connectivity index (χ0n) is 16.3. The summed E-state index contributed by atoms with van der Waals surface area (Å²) in [6.45, 7) is 3.53. The van der Waals surface area contributed by atoms with Crippen LogP contribution in [0.1, 0.15) is 47.2 Å². The molecule has 152 valence electrons. The first-order valence-electron chi connectivity index (χ1n) is 9.44. The van der Waals surface area contributed by atoms with Crippen molar-refractivity contribution in [3.05, 3.63) is 47.0 Å². The second-order valence-electron chi connectivity index (χ2n) is 7.40. The quantitative estimate of drug-likeness (QED) is 0.497. The van der Waals surface area contributed by atoms with E-state index in [2.05, 4.69) is 5.32 Å². The molecule has 1 aliphatic rings. The Labute approximate surface area is 168 Å². The Morgan fingerprint density at radius 1 is 1.10 bits per heavy atom. The maximum absolute atomic E-state index is 12.5. The van der Waals surface area contributed by atoms with Crippen LogP contribution in [-0.2, 0) is 9.59 Å². The first kappa shape index (κ1) is 20.4. The minimum absolute atomic E-state index is 0.0677. The van der Waals surface area contributed by atoms with Crippen molar-refractivity contribution in [1.29, 1.82) is 0 Å². The summed E-state index contributed by atoms with van der Waals surface area (Å²) in [6, 6.07) is 7.76. The third-order valence-electron chi connectivity index (χ3n) is 5.10. The molecular weight excluding hydrogens is 374 g/mol. The number of hydrogen-bond donors (Lipinski definition) is 3. The number of hydrogen-bond acceptors (Lipinski definition) is 5. The van der Waals surface area contributed by atoms with Crippen molar-refractivity contribution in [3.8, 4) is 17.2 Å². The van der Waals surface area contributed by atoms with E-state index in [0.29, 0.717) is 40.7 Å². The molecule has 0 radical (unpaired) electrons. The van der Waals surface area contributed by atoms with Crippen LogP contribution in [0.3, 0.4) is 0 Å². The monoisotopic (exact) mass is 397 g/mol. The number of phenolic OH excluding ortho intramolecular Hbond substituents is 1. The second-order valence-corrected chi connectivity index (χ2v) is 7.40. The Morgan fingerprint density at radius 3 is 2.31 bits per heavy atom. The Bertz CT molecular complexity index is 954. The normalized spacial score (nSPS) is 13.4. The van der Waals surface area contributed by atoms with E-state index < -0.39 is 11.9 Å². The van der Waals surface area contributed by atoms with Gasteiger partial charge in [0.25, 0.3) is 0 Å². The molecule has 0 bridgehead atoms. The van der Waals surface area contributed by atoms with Crippen LogP contribution in [0, 0.1) is 19.8 Å². The van der Waals surface area contributed by atoms with Crippen molar-refractivity contribution in [3.63, 3.8) is 0 Å². The summed E-state index contributed by atoms with van der Waals surface area (Å²) in [7, 11) is 0. The number of carbonyl (C=O) groups excluding carboxylic acids is 2. The highest BCUT2D eigenvalue weighted by molar-refractivity contribution is 6.36. The van der Waals surface area contributed by atoms with E-state index in [9.17, 15) is 19.5 Å². The maximum atomic E-state index is 12.5. The zero-order chi connectivity index (χ0) is 21.1. The van der Waals surface area contributed by atoms with Gasteiger partial charge in [-0.05, 0) is 61.2 Å². The predicted molar refractivity (Wildman–Crippen MR) is 107 cm³/mol. The highest BCUT2D eigenvalue weighted by atomic mass is 16.5. The minimum atomic E-state index is -1.57. The number of ether oxygens (including phenoxy) is 1. The van der Waals surface area contributed by atoms with E-state index >= 15 is 0 Å². The number of phenols is 1. The van der Waals surface area contributed by atoms with E-state index in [1.807, 2.05) is 0 Å². The number of nitrogens with one attached hydrogen (secondary N) is 1. The van der Waals surface area contributed by atoms with Gasteiger partial charge in [-0.2, -0.15) is 0 Å². The van der Waals surface area contributed by atoms with Crippen LogP contribution in [0.15, 0.2) is 30.3 Å². The molecule has 7 heteroatoms. The summed E-state index contributed by atoms with van der Waals surface area (Å²) in [5, 5.41) is 21.1. The number of Topliss-reactive ketones (excluding diaryl/α,β-unsaturated/α-hetero) is 1. The molecule has 0 saturated heterocycles. The lowest BCUT2D eigenvalue weighted by Gasteiger charge is -2.24. The fourth-order valence-corrected chi connectivity index (χ4v) is 3.36. The summed E-state index contributed by atoms with van der Waals surface area (Å²) >= 11 is 0. The highest BCUT2D eigenvalue weighted by Crippen LogP contribution is 2.35. The third-order valence-corrected chi connectivity index (χ3v) is 5.10. The number of carboxylic acid groups (broad SMARTS) is 1. The summed E-state index contributed by atoms with van der Waals surface area (Å²) in [5.41, 5.74) is 1.96. The third kappa shape index (κ3) is 4.74. The Hall–Kier alpha value is -3.35. The fourth-order valence-electron chi connectivity index (χ4n) is 3.36. The van der Waals surface area contributed by atoms with Crippen LogP contribution in [0.4, 0.5) is 5.69 Å². The standard InChI is InChI=1S/C22H23NO6/c1-12-8-15(23-21(26)22(27)28)9-13(2)20(12)29-16-6-7-18(24)17(11-16)19(25)10-14-4-3-5-14/h6-9,11,14,24H,3-5,10H2,1-2H3,(H,23,26)(H,27,28). The number of benzene rings is 2. The Morgan fingerprint density at radius 2 is 1.76 bits per heavy atom. The van der Waals surface area contributed by atoms with Crippen molar-refractivity contribution < 1.29 is 29.3 Å². The van der Waals surface area contributed by atoms with E-state index in [-0.39, 0.29) is 17.1 Å². The van der Waals surface area contributed by atoms with Crippen molar-refractivity contribution in [2.75, 3.05) is 5.32 Å². The van der Waals surface area contributed by atoms with Gasteiger partial charge in [-0.3, -0.25) is 9.59 Å². The predicted octanol–water partition coefficient (Wildman–Crippen LogP) is 4.20. The van der Waals surface area contributed by atoms with Crippen molar-refractivity contribution in [2.24, 2.45) is 5.92 Å². The van der Waals surface area contributed by atoms with E-state index in [1.165, 1.54) is 12.1 Å². The van der Waals surface area contributed by atoms with E-state index in [1.54, 1.807) is 32.0 Å². The number of anilines is 1. The Balaban J connectivity index is 1.80. The van der Waals surface area contributed by atoms with E-state index in [4.69, 9.17) is 9.84 Å². The molecule has 1 fully saturated rings. The van der Waals surface area contributed by atoms with Crippen molar-refractivity contribution in [2.45, 2.75) is 39.5 Å². The molecule has 0 atom stereocenters. The topological polar surface area (TPSA) is 113 Å². The summed E-state index contributed by atoms with van der Waals surface area (Å²) < 4.78 is 5.95. The van der Waals surface area contributed by atoms with Gasteiger partial charge in [0.2, 0.25) is 0 Å². The molecule has 0 unspecified atom stereocenters. The van der Waals surface area contributed by atoms with Crippen LogP contribution in [0.2, 0.25) is 0 Å². The first-order chi connectivity index (χ1) is 13.7. The molecule has 0 aromatic heterocycles. The molecule has 3 N–H and O–H groups in total. The number of aliphatic carboxylic acids is 1. The molecule has 1 saturated carbocycles. The van der Waals surface area contributed by atoms with Gasteiger partial charge in [-0.1, -0.05) is 19.3 Å². The second kappa shape index (κ2) is 8.34. The van der Waals surface area contributed by atoms with Gasteiger partial charge >= 0.3 is 11.9 Å². The van der Waals surface area contributed by atoms with Gasteiger partial charge in [0.15, 0.2) is 5.78 Å². The molecule has 29 heavy (non-hydrogen) atoms. The maximum Gasteiger partial charge on any atom is 0.394 e. The summed E-state index contributed by atoms with van der Waals surface area (Å²) in [6.07, 6.45) is 3.67. The molecule has 2 aromatic rings.